The molecule has 3 rings (SSSR count). The third kappa shape index (κ3) is 4.07. The molecule has 2 nitrogen and oxygen atoms in total. The molecule has 1 heterocycles. The average Bonchev–Trinajstić information content (AvgIpc) is 3.19. The molecule has 1 aromatic carbocycles. The van der Waals surface area contributed by atoms with Crippen molar-refractivity contribution in [3.63, 3.8) is 0 Å². The molecule has 2 heteroatoms. The van der Waals surface area contributed by atoms with Crippen LogP contribution in [0.15, 0.2) is 24.3 Å². The van der Waals surface area contributed by atoms with Crippen molar-refractivity contribution < 1.29 is 0 Å². The van der Waals surface area contributed by atoms with E-state index in [2.05, 4.69) is 48.3 Å². The summed E-state index contributed by atoms with van der Waals surface area (Å²) >= 11 is 0. The van der Waals surface area contributed by atoms with E-state index < -0.39 is 0 Å². The van der Waals surface area contributed by atoms with Crippen LogP contribution < -0.4 is 5.32 Å². The van der Waals surface area contributed by atoms with Gasteiger partial charge in [0.1, 0.15) is 0 Å². The largest absolute Gasteiger partial charge is 0.310 e. The topological polar surface area (TPSA) is 15.3 Å². The second-order valence-corrected chi connectivity index (χ2v) is 7.12. The van der Waals surface area contributed by atoms with Crippen molar-refractivity contribution >= 4 is 0 Å². The first kappa shape index (κ1) is 14.1. The van der Waals surface area contributed by atoms with Crippen molar-refractivity contribution in [3.8, 4) is 0 Å². The van der Waals surface area contributed by atoms with Crippen LogP contribution in [-0.4, -0.2) is 24.0 Å². The van der Waals surface area contributed by atoms with Gasteiger partial charge in [0.25, 0.3) is 0 Å². The number of piperidine rings is 1. The lowest BCUT2D eigenvalue weighted by atomic mass is 9.91. The van der Waals surface area contributed by atoms with E-state index in [-0.39, 0.29) is 0 Å². The van der Waals surface area contributed by atoms with Gasteiger partial charge in [-0.1, -0.05) is 38.1 Å². The van der Waals surface area contributed by atoms with Gasteiger partial charge in [-0.2, -0.15) is 0 Å². The molecule has 2 unspecified atom stereocenters. The van der Waals surface area contributed by atoms with Crippen LogP contribution in [0.4, 0.5) is 0 Å². The molecule has 0 aromatic heterocycles. The monoisotopic (exact) mass is 272 g/mol. The highest BCUT2D eigenvalue weighted by Crippen LogP contribution is 2.23. The summed E-state index contributed by atoms with van der Waals surface area (Å²) < 4.78 is 0. The Morgan fingerprint density at radius 3 is 2.50 bits per heavy atom. The molecule has 1 saturated carbocycles. The first-order valence-corrected chi connectivity index (χ1v) is 8.22. The fourth-order valence-electron chi connectivity index (χ4n) is 3.57. The molecule has 0 radical (unpaired) electrons. The first-order valence-electron chi connectivity index (χ1n) is 8.22. The van der Waals surface area contributed by atoms with Gasteiger partial charge >= 0.3 is 0 Å². The van der Waals surface area contributed by atoms with Gasteiger partial charge in [-0.25, -0.2) is 0 Å². The van der Waals surface area contributed by atoms with Crippen molar-refractivity contribution in [1.29, 1.82) is 0 Å². The maximum absolute atomic E-state index is 3.60. The molecule has 20 heavy (non-hydrogen) atoms. The highest BCUT2D eigenvalue weighted by Gasteiger charge is 2.22. The lowest BCUT2D eigenvalue weighted by molar-refractivity contribution is 0.134. The van der Waals surface area contributed by atoms with Crippen LogP contribution in [0, 0.1) is 11.8 Å². The zero-order valence-electron chi connectivity index (χ0n) is 12.9. The summed E-state index contributed by atoms with van der Waals surface area (Å²) in [4.78, 5) is 2.63. The van der Waals surface area contributed by atoms with Crippen LogP contribution in [0.5, 0.6) is 0 Å². The summed E-state index contributed by atoms with van der Waals surface area (Å²) in [5.74, 6) is 1.69. The summed E-state index contributed by atoms with van der Waals surface area (Å²) in [5, 5.41) is 3.60. The molecule has 2 atom stereocenters. The maximum Gasteiger partial charge on any atom is 0.0234 e. The Hall–Kier alpha value is -0.860. The third-order valence-corrected chi connectivity index (χ3v) is 4.51. The summed E-state index contributed by atoms with van der Waals surface area (Å²) in [5.41, 5.74) is 2.91. The Balaban J connectivity index is 1.57. The highest BCUT2D eigenvalue weighted by molar-refractivity contribution is 5.23. The van der Waals surface area contributed by atoms with Crippen LogP contribution in [0.3, 0.4) is 0 Å². The van der Waals surface area contributed by atoms with E-state index in [4.69, 9.17) is 0 Å². The molecular formula is C18H28N2. The lowest BCUT2D eigenvalue weighted by Gasteiger charge is -2.35. The molecule has 2 aliphatic rings. The summed E-state index contributed by atoms with van der Waals surface area (Å²) in [6.45, 7) is 9.44. The molecule has 2 fully saturated rings. The van der Waals surface area contributed by atoms with Gasteiger partial charge in [-0.3, -0.25) is 4.90 Å². The second kappa shape index (κ2) is 6.28. The predicted octanol–water partition coefficient (Wildman–Crippen LogP) is 3.42. The van der Waals surface area contributed by atoms with E-state index in [1.165, 1.54) is 43.5 Å². The number of hydrogen-bond donors (Lipinski definition) is 1. The van der Waals surface area contributed by atoms with E-state index in [1.807, 2.05) is 0 Å². The van der Waals surface area contributed by atoms with Gasteiger partial charge in [0.2, 0.25) is 0 Å². The van der Waals surface area contributed by atoms with Gasteiger partial charge in [-0.05, 0) is 42.2 Å². The zero-order chi connectivity index (χ0) is 13.9. The van der Waals surface area contributed by atoms with Crippen LogP contribution in [0.25, 0.3) is 0 Å². The molecule has 0 amide bonds. The Labute approximate surface area is 123 Å². The molecular weight excluding hydrogens is 244 g/mol. The minimum atomic E-state index is 0.794. The van der Waals surface area contributed by atoms with Crippen molar-refractivity contribution in [2.24, 2.45) is 11.8 Å². The van der Waals surface area contributed by atoms with Gasteiger partial charge in [0.05, 0.1) is 0 Å². The Morgan fingerprint density at radius 2 is 1.80 bits per heavy atom. The molecule has 0 spiro atoms. The Morgan fingerprint density at radius 1 is 1.10 bits per heavy atom. The van der Waals surface area contributed by atoms with Gasteiger partial charge in [-0.15, -0.1) is 0 Å². The zero-order valence-corrected chi connectivity index (χ0v) is 12.9. The summed E-state index contributed by atoms with van der Waals surface area (Å²) in [6.07, 6.45) is 4.12. The Bertz CT molecular complexity index is 429. The molecule has 1 saturated heterocycles. The number of nitrogens with one attached hydrogen (secondary N) is 1. The van der Waals surface area contributed by atoms with Crippen LogP contribution in [0.1, 0.15) is 44.2 Å². The maximum atomic E-state index is 3.60. The van der Waals surface area contributed by atoms with E-state index in [9.17, 15) is 0 Å². The molecule has 1 aromatic rings. The van der Waals surface area contributed by atoms with Gasteiger partial charge in [0, 0.05) is 32.2 Å². The van der Waals surface area contributed by atoms with Crippen LogP contribution in [0.2, 0.25) is 0 Å². The highest BCUT2D eigenvalue weighted by atomic mass is 15.1. The number of likely N-dealkylation sites (tertiary alicyclic amines) is 1. The standard InChI is InChI=1S/C18H28N2/c1-14-8-15(2)12-20(11-14)13-17-5-3-4-16(9-17)10-19-18-6-7-18/h3-5,9,14-15,18-19H,6-8,10-13H2,1-2H3. The van der Waals surface area contributed by atoms with Crippen molar-refractivity contribution in [3.05, 3.63) is 35.4 Å². The normalized spacial score (nSPS) is 27.7. The fraction of sp³-hybridized carbons (Fsp3) is 0.667. The fourth-order valence-corrected chi connectivity index (χ4v) is 3.57. The Kier molecular flexibility index (Phi) is 4.42. The second-order valence-electron chi connectivity index (χ2n) is 7.12. The predicted molar refractivity (Wildman–Crippen MR) is 84.5 cm³/mol. The molecule has 1 aliphatic carbocycles. The van der Waals surface area contributed by atoms with Crippen molar-refractivity contribution in [1.82, 2.24) is 10.2 Å². The van der Waals surface area contributed by atoms with E-state index >= 15 is 0 Å². The van der Waals surface area contributed by atoms with Crippen molar-refractivity contribution in [2.75, 3.05) is 13.1 Å². The summed E-state index contributed by atoms with van der Waals surface area (Å²) in [7, 11) is 0. The van der Waals surface area contributed by atoms with Crippen LogP contribution in [-0.2, 0) is 13.1 Å². The lowest BCUT2D eigenvalue weighted by Crippen LogP contribution is -2.38. The van der Waals surface area contributed by atoms with E-state index in [0.29, 0.717) is 0 Å². The SMILES string of the molecule is CC1CC(C)CN(Cc2cccc(CNC3CC3)c2)C1. The van der Waals surface area contributed by atoms with E-state index in [1.54, 1.807) is 0 Å². The van der Waals surface area contributed by atoms with E-state index in [0.717, 1.165) is 31.0 Å². The molecule has 0 bridgehead atoms. The smallest absolute Gasteiger partial charge is 0.0234 e. The van der Waals surface area contributed by atoms with Gasteiger partial charge in [0.15, 0.2) is 0 Å². The first-order chi connectivity index (χ1) is 9.69. The molecule has 1 aliphatic heterocycles. The number of hydrogen-bond acceptors (Lipinski definition) is 2. The molecule has 1 N–H and O–H groups in total. The number of nitrogens with zero attached hydrogens (tertiary/aromatic N) is 1. The third-order valence-electron chi connectivity index (χ3n) is 4.51. The number of benzene rings is 1. The average molecular weight is 272 g/mol. The number of rotatable bonds is 5. The quantitative estimate of drug-likeness (QED) is 0.883. The minimum Gasteiger partial charge on any atom is -0.310 e. The molecule has 110 valence electrons. The minimum absolute atomic E-state index is 0.794. The van der Waals surface area contributed by atoms with Crippen molar-refractivity contribution in [2.45, 2.75) is 52.2 Å². The van der Waals surface area contributed by atoms with Crippen LogP contribution >= 0.6 is 0 Å². The van der Waals surface area contributed by atoms with Gasteiger partial charge < -0.3 is 5.32 Å². The summed E-state index contributed by atoms with van der Waals surface area (Å²) in [6, 6.07) is 9.93.